The van der Waals surface area contributed by atoms with Crippen LogP contribution in [0.4, 0.5) is 10.5 Å². The number of rotatable bonds is 4. The molecule has 1 N–H and O–H groups in total. The van der Waals surface area contributed by atoms with Gasteiger partial charge in [-0.2, -0.15) is 0 Å². The summed E-state index contributed by atoms with van der Waals surface area (Å²) in [6, 6.07) is 14.6. The SMILES string of the molecule is COc1ccc(Cl)cc1CN(C)C(=O)Nc1cccc2cccnc12. The number of pyridine rings is 1. The molecule has 0 bridgehead atoms. The van der Waals surface area contributed by atoms with Gasteiger partial charge in [0, 0.05) is 29.2 Å². The Morgan fingerprint density at radius 2 is 2.04 bits per heavy atom. The van der Waals surface area contributed by atoms with E-state index in [0.717, 1.165) is 16.5 Å². The topological polar surface area (TPSA) is 54.5 Å². The first-order chi connectivity index (χ1) is 12.1. The Kier molecular flexibility index (Phi) is 5.05. The van der Waals surface area contributed by atoms with Crippen molar-refractivity contribution in [2.45, 2.75) is 6.54 Å². The van der Waals surface area contributed by atoms with E-state index in [-0.39, 0.29) is 6.03 Å². The van der Waals surface area contributed by atoms with E-state index in [9.17, 15) is 4.79 Å². The third-order valence-electron chi connectivity index (χ3n) is 3.87. The molecule has 0 saturated carbocycles. The Labute approximate surface area is 151 Å². The molecule has 0 spiro atoms. The number of hydrogen-bond donors (Lipinski definition) is 1. The number of carbonyl (C=O) groups is 1. The maximum atomic E-state index is 12.6. The van der Waals surface area contributed by atoms with Gasteiger partial charge in [-0.05, 0) is 30.3 Å². The molecule has 6 heteroatoms. The largest absolute Gasteiger partial charge is 0.496 e. The standard InChI is InChI=1S/C19H18ClN3O2/c1-23(12-14-11-15(20)8-9-17(14)25-2)19(24)22-16-7-3-5-13-6-4-10-21-18(13)16/h3-11H,12H2,1-2H3,(H,22,24). The van der Waals surface area contributed by atoms with Crippen molar-refractivity contribution in [3.63, 3.8) is 0 Å². The third-order valence-corrected chi connectivity index (χ3v) is 4.11. The zero-order valence-corrected chi connectivity index (χ0v) is 14.7. The second kappa shape index (κ2) is 7.40. The summed E-state index contributed by atoms with van der Waals surface area (Å²) < 4.78 is 5.33. The summed E-state index contributed by atoms with van der Waals surface area (Å²) in [6.07, 6.45) is 1.71. The summed E-state index contributed by atoms with van der Waals surface area (Å²) in [7, 11) is 3.31. The molecule has 5 nitrogen and oxygen atoms in total. The number of methoxy groups -OCH3 is 1. The third kappa shape index (κ3) is 3.83. The highest BCUT2D eigenvalue weighted by molar-refractivity contribution is 6.30. The summed E-state index contributed by atoms with van der Waals surface area (Å²) in [5, 5.41) is 4.48. The van der Waals surface area contributed by atoms with Crippen LogP contribution in [0, 0.1) is 0 Å². The van der Waals surface area contributed by atoms with E-state index in [0.29, 0.717) is 23.0 Å². The minimum atomic E-state index is -0.236. The van der Waals surface area contributed by atoms with E-state index in [2.05, 4.69) is 10.3 Å². The van der Waals surface area contributed by atoms with Crippen molar-refractivity contribution in [1.82, 2.24) is 9.88 Å². The van der Waals surface area contributed by atoms with Crippen LogP contribution in [0.3, 0.4) is 0 Å². The number of hydrogen-bond acceptors (Lipinski definition) is 3. The lowest BCUT2D eigenvalue weighted by Gasteiger charge is -2.20. The first-order valence-corrected chi connectivity index (χ1v) is 8.14. The molecule has 2 amide bonds. The molecule has 0 fully saturated rings. The summed E-state index contributed by atoms with van der Waals surface area (Å²) in [6.45, 7) is 0.369. The number of benzene rings is 2. The number of ether oxygens (including phenoxy) is 1. The maximum absolute atomic E-state index is 12.6. The molecular weight excluding hydrogens is 338 g/mol. The van der Waals surface area contributed by atoms with Crippen LogP contribution < -0.4 is 10.1 Å². The molecule has 25 heavy (non-hydrogen) atoms. The van der Waals surface area contributed by atoms with E-state index in [1.165, 1.54) is 0 Å². The van der Waals surface area contributed by atoms with Gasteiger partial charge in [0.25, 0.3) is 0 Å². The minimum Gasteiger partial charge on any atom is -0.496 e. The zero-order chi connectivity index (χ0) is 17.8. The Hall–Kier alpha value is -2.79. The first kappa shape index (κ1) is 17.0. The number of amides is 2. The molecule has 3 aromatic rings. The Morgan fingerprint density at radius 3 is 2.84 bits per heavy atom. The number of carbonyl (C=O) groups excluding carboxylic acids is 1. The van der Waals surface area contributed by atoms with Crippen molar-refractivity contribution in [2.24, 2.45) is 0 Å². The first-order valence-electron chi connectivity index (χ1n) is 7.77. The Bertz CT molecular complexity index is 909. The number of para-hydroxylation sites is 1. The van der Waals surface area contributed by atoms with Gasteiger partial charge >= 0.3 is 6.03 Å². The average Bonchev–Trinajstić information content (AvgIpc) is 2.62. The molecule has 0 unspecified atom stereocenters. The number of nitrogens with zero attached hydrogens (tertiary/aromatic N) is 2. The molecule has 0 saturated heterocycles. The molecule has 2 aromatic carbocycles. The summed E-state index contributed by atoms with van der Waals surface area (Å²) in [5.41, 5.74) is 2.27. The summed E-state index contributed by atoms with van der Waals surface area (Å²) in [4.78, 5) is 18.5. The average molecular weight is 356 g/mol. The van der Waals surface area contributed by atoms with Gasteiger partial charge in [0.2, 0.25) is 0 Å². The van der Waals surface area contributed by atoms with Gasteiger partial charge in [-0.25, -0.2) is 4.79 Å². The van der Waals surface area contributed by atoms with Crippen LogP contribution in [-0.2, 0) is 6.54 Å². The molecular formula is C19H18ClN3O2. The van der Waals surface area contributed by atoms with Gasteiger partial charge < -0.3 is 15.0 Å². The number of nitrogens with one attached hydrogen (secondary N) is 1. The minimum absolute atomic E-state index is 0.236. The number of urea groups is 1. The van der Waals surface area contributed by atoms with Gasteiger partial charge in [0.05, 0.1) is 24.9 Å². The number of anilines is 1. The number of aromatic nitrogens is 1. The molecule has 0 aliphatic rings. The van der Waals surface area contributed by atoms with E-state index >= 15 is 0 Å². The Balaban J connectivity index is 1.78. The van der Waals surface area contributed by atoms with Crippen LogP contribution in [0.1, 0.15) is 5.56 Å². The van der Waals surface area contributed by atoms with Crippen molar-refractivity contribution >= 4 is 34.2 Å². The van der Waals surface area contributed by atoms with Crippen molar-refractivity contribution in [2.75, 3.05) is 19.5 Å². The van der Waals surface area contributed by atoms with Crippen molar-refractivity contribution in [3.8, 4) is 5.75 Å². The van der Waals surface area contributed by atoms with Gasteiger partial charge in [0.15, 0.2) is 0 Å². The lowest BCUT2D eigenvalue weighted by molar-refractivity contribution is 0.220. The fourth-order valence-electron chi connectivity index (χ4n) is 2.61. The number of fused-ring (bicyclic) bond motifs is 1. The molecule has 3 rings (SSSR count). The van der Waals surface area contributed by atoms with Crippen LogP contribution in [0.25, 0.3) is 10.9 Å². The highest BCUT2D eigenvalue weighted by atomic mass is 35.5. The van der Waals surface area contributed by atoms with Crippen LogP contribution in [0.15, 0.2) is 54.7 Å². The molecule has 1 aromatic heterocycles. The second-order valence-corrected chi connectivity index (χ2v) is 6.06. The van der Waals surface area contributed by atoms with Gasteiger partial charge in [-0.1, -0.05) is 29.8 Å². The highest BCUT2D eigenvalue weighted by Gasteiger charge is 2.14. The fraction of sp³-hybridized carbons (Fsp3) is 0.158. The van der Waals surface area contributed by atoms with Crippen LogP contribution in [-0.4, -0.2) is 30.1 Å². The van der Waals surface area contributed by atoms with E-state index in [1.807, 2.05) is 30.3 Å². The van der Waals surface area contributed by atoms with E-state index in [1.54, 1.807) is 43.5 Å². The fourth-order valence-corrected chi connectivity index (χ4v) is 2.81. The summed E-state index contributed by atoms with van der Waals surface area (Å²) >= 11 is 6.05. The monoisotopic (exact) mass is 355 g/mol. The van der Waals surface area contributed by atoms with Gasteiger partial charge in [-0.3, -0.25) is 4.98 Å². The van der Waals surface area contributed by atoms with E-state index in [4.69, 9.17) is 16.3 Å². The van der Waals surface area contributed by atoms with Crippen LogP contribution in [0.2, 0.25) is 5.02 Å². The smallest absolute Gasteiger partial charge is 0.321 e. The quantitative estimate of drug-likeness (QED) is 0.746. The van der Waals surface area contributed by atoms with Gasteiger partial charge in [0.1, 0.15) is 5.75 Å². The lowest BCUT2D eigenvalue weighted by atomic mass is 10.2. The maximum Gasteiger partial charge on any atom is 0.321 e. The lowest BCUT2D eigenvalue weighted by Crippen LogP contribution is -2.31. The number of halogens is 1. The van der Waals surface area contributed by atoms with Gasteiger partial charge in [-0.15, -0.1) is 0 Å². The molecule has 128 valence electrons. The second-order valence-electron chi connectivity index (χ2n) is 5.62. The molecule has 0 atom stereocenters. The molecule has 0 radical (unpaired) electrons. The normalized spacial score (nSPS) is 10.5. The molecule has 0 aliphatic heterocycles. The predicted octanol–water partition coefficient (Wildman–Crippen LogP) is 4.56. The van der Waals surface area contributed by atoms with Crippen LogP contribution >= 0.6 is 11.6 Å². The molecule has 0 aliphatic carbocycles. The molecule has 1 heterocycles. The highest BCUT2D eigenvalue weighted by Crippen LogP contribution is 2.25. The Morgan fingerprint density at radius 1 is 1.24 bits per heavy atom. The summed E-state index contributed by atoms with van der Waals surface area (Å²) in [5.74, 6) is 0.691. The van der Waals surface area contributed by atoms with Crippen LogP contribution in [0.5, 0.6) is 5.75 Å². The van der Waals surface area contributed by atoms with Crippen molar-refractivity contribution < 1.29 is 9.53 Å². The zero-order valence-electron chi connectivity index (χ0n) is 14.0. The van der Waals surface area contributed by atoms with Crippen molar-refractivity contribution in [1.29, 1.82) is 0 Å². The van der Waals surface area contributed by atoms with E-state index < -0.39 is 0 Å². The van der Waals surface area contributed by atoms with Crippen molar-refractivity contribution in [3.05, 3.63) is 65.3 Å². The predicted molar refractivity (Wildman–Crippen MR) is 100 cm³/mol.